The van der Waals surface area contributed by atoms with Gasteiger partial charge in [-0.1, -0.05) is 242 Å². The topological polar surface area (TPSA) is 111 Å². The largest absolute Gasteiger partial charge is 0.756 e. The molecule has 0 radical (unpaired) electrons. The van der Waals surface area contributed by atoms with Crippen molar-refractivity contribution in [3.63, 3.8) is 0 Å². The van der Waals surface area contributed by atoms with Gasteiger partial charge in [-0.2, -0.15) is 0 Å². The third kappa shape index (κ3) is 53.3. The monoisotopic (exact) mass is 978 g/mol. The fraction of sp³-hybridized carbons (Fsp3) is 0.828. The van der Waals surface area contributed by atoms with Gasteiger partial charge in [0.25, 0.3) is 7.82 Å². The standard InChI is InChI=1S/C58H108NO8P/c1-6-8-10-12-14-16-18-20-22-24-25-26-27-28-29-30-31-32-33-35-36-38-40-42-44-46-48-50-57(60)64-54-56(55-66-68(62,63)65-53-52-59(3,4)5)67-58(61)51-49-47-45-43-41-39-37-34-23-21-19-17-15-13-11-9-7-2/h9,11,15,17,21,23,37,39,56H,6-8,10,12-14,16,18-20,22,24-36,38,40-55H2,1-5H3/b11-9-,17-15-,23-21-,39-37-. The summed E-state index contributed by atoms with van der Waals surface area (Å²) < 4.78 is 34.1. The Hall–Kier alpha value is -2.03. The minimum Gasteiger partial charge on any atom is -0.756 e. The summed E-state index contributed by atoms with van der Waals surface area (Å²) in [5.41, 5.74) is 0. The number of hydrogen-bond donors (Lipinski definition) is 0. The van der Waals surface area contributed by atoms with Crippen LogP contribution >= 0.6 is 7.82 Å². The Morgan fingerprint density at radius 1 is 0.471 bits per heavy atom. The molecule has 0 aromatic rings. The van der Waals surface area contributed by atoms with Crippen LogP contribution in [-0.2, 0) is 32.7 Å². The summed E-state index contributed by atoms with van der Waals surface area (Å²) in [5.74, 6) is -0.853. The Bertz CT molecular complexity index is 1290. The first-order valence-corrected chi connectivity index (χ1v) is 29.8. The molecule has 0 rings (SSSR count). The number of quaternary nitrogens is 1. The van der Waals surface area contributed by atoms with Crippen LogP contribution in [0.25, 0.3) is 0 Å². The van der Waals surface area contributed by atoms with Crippen LogP contribution in [0.4, 0.5) is 0 Å². The molecular formula is C58H108NO8P. The normalized spacial score (nSPS) is 13.7. The summed E-state index contributed by atoms with van der Waals surface area (Å²) in [6.45, 7) is 4.12. The first-order valence-electron chi connectivity index (χ1n) is 28.3. The molecule has 0 aliphatic rings. The maximum Gasteiger partial charge on any atom is 0.306 e. The van der Waals surface area contributed by atoms with Gasteiger partial charge in [0.15, 0.2) is 6.10 Å². The predicted octanol–water partition coefficient (Wildman–Crippen LogP) is 16.7. The molecule has 2 unspecified atom stereocenters. The summed E-state index contributed by atoms with van der Waals surface area (Å²) >= 11 is 0. The summed E-state index contributed by atoms with van der Waals surface area (Å²) in [4.78, 5) is 37.8. The van der Waals surface area contributed by atoms with Gasteiger partial charge in [-0.05, 0) is 51.4 Å². The summed E-state index contributed by atoms with van der Waals surface area (Å²) in [5, 5.41) is 0. The number of rotatable bonds is 52. The summed E-state index contributed by atoms with van der Waals surface area (Å²) in [6.07, 6.45) is 61.7. The van der Waals surface area contributed by atoms with Crippen LogP contribution in [-0.4, -0.2) is 70.0 Å². The second-order valence-corrected chi connectivity index (χ2v) is 21.7. The number of phosphoric acid groups is 1. The van der Waals surface area contributed by atoms with Gasteiger partial charge in [-0.15, -0.1) is 0 Å². The van der Waals surface area contributed by atoms with Crippen molar-refractivity contribution >= 4 is 19.8 Å². The number of phosphoric ester groups is 1. The van der Waals surface area contributed by atoms with Crippen molar-refractivity contribution in [2.75, 3.05) is 47.5 Å². The van der Waals surface area contributed by atoms with E-state index in [2.05, 4.69) is 62.5 Å². The van der Waals surface area contributed by atoms with Gasteiger partial charge in [0.05, 0.1) is 27.7 Å². The highest BCUT2D eigenvalue weighted by atomic mass is 31.2. The predicted molar refractivity (Wildman–Crippen MR) is 287 cm³/mol. The Kier molecular flexibility index (Phi) is 48.4. The van der Waals surface area contributed by atoms with Gasteiger partial charge in [0.2, 0.25) is 0 Å². The molecule has 0 aliphatic carbocycles. The van der Waals surface area contributed by atoms with Gasteiger partial charge >= 0.3 is 11.9 Å². The lowest BCUT2D eigenvalue weighted by Gasteiger charge is -2.28. The number of esters is 2. The minimum atomic E-state index is -4.64. The molecule has 0 saturated carbocycles. The molecule has 0 saturated heterocycles. The molecular weight excluding hydrogens is 870 g/mol. The highest BCUT2D eigenvalue weighted by molar-refractivity contribution is 7.45. The maximum atomic E-state index is 12.7. The molecule has 0 heterocycles. The van der Waals surface area contributed by atoms with Crippen molar-refractivity contribution in [2.45, 2.75) is 264 Å². The van der Waals surface area contributed by atoms with Crippen LogP contribution in [0.2, 0.25) is 0 Å². The molecule has 0 N–H and O–H groups in total. The second-order valence-electron chi connectivity index (χ2n) is 20.3. The smallest absolute Gasteiger partial charge is 0.306 e. The zero-order valence-electron chi connectivity index (χ0n) is 45.1. The van der Waals surface area contributed by atoms with Crippen LogP contribution in [0.3, 0.4) is 0 Å². The van der Waals surface area contributed by atoms with E-state index >= 15 is 0 Å². The van der Waals surface area contributed by atoms with Crippen molar-refractivity contribution < 1.29 is 42.1 Å². The van der Waals surface area contributed by atoms with E-state index in [4.69, 9.17) is 18.5 Å². The van der Waals surface area contributed by atoms with Gasteiger partial charge in [0.1, 0.15) is 19.8 Å². The number of unbranched alkanes of at least 4 members (excludes halogenated alkanes) is 30. The molecule has 0 fully saturated rings. The van der Waals surface area contributed by atoms with Crippen LogP contribution in [0, 0.1) is 0 Å². The molecule has 0 amide bonds. The lowest BCUT2D eigenvalue weighted by atomic mass is 10.0. The molecule has 68 heavy (non-hydrogen) atoms. The number of likely N-dealkylation sites (N-methyl/N-ethyl adjacent to an activating group) is 1. The average Bonchev–Trinajstić information content (AvgIpc) is 3.30. The van der Waals surface area contributed by atoms with Crippen molar-refractivity contribution in [2.24, 2.45) is 0 Å². The van der Waals surface area contributed by atoms with E-state index in [9.17, 15) is 19.0 Å². The average molecular weight is 978 g/mol. The van der Waals surface area contributed by atoms with Crippen molar-refractivity contribution in [1.82, 2.24) is 0 Å². The van der Waals surface area contributed by atoms with E-state index in [-0.39, 0.29) is 32.0 Å². The number of hydrogen-bond acceptors (Lipinski definition) is 8. The quantitative estimate of drug-likeness (QED) is 0.0195. The van der Waals surface area contributed by atoms with E-state index in [0.717, 1.165) is 70.6 Å². The molecule has 2 atom stereocenters. The van der Waals surface area contributed by atoms with E-state index in [1.807, 2.05) is 21.1 Å². The molecule has 0 spiro atoms. The van der Waals surface area contributed by atoms with Crippen molar-refractivity contribution in [3.8, 4) is 0 Å². The SMILES string of the molecule is CC/C=C\C/C=C\C/C=C\C/C=C\CCCCCCC(=O)OC(COC(=O)CCCCCCCCCCCCCCCCCCCCCCCCCCCCC)COP(=O)([O-])OCC[N+](C)(C)C. The first kappa shape index (κ1) is 66.0. The Morgan fingerprint density at radius 3 is 1.25 bits per heavy atom. The Morgan fingerprint density at radius 2 is 0.838 bits per heavy atom. The van der Waals surface area contributed by atoms with Crippen molar-refractivity contribution in [3.05, 3.63) is 48.6 Å². The van der Waals surface area contributed by atoms with Crippen LogP contribution in [0.5, 0.6) is 0 Å². The Labute approximate surface area is 420 Å². The van der Waals surface area contributed by atoms with Crippen LogP contribution < -0.4 is 4.89 Å². The molecule has 0 aliphatic heterocycles. The second kappa shape index (κ2) is 49.9. The lowest BCUT2D eigenvalue weighted by molar-refractivity contribution is -0.870. The highest BCUT2D eigenvalue weighted by Gasteiger charge is 2.21. The van der Waals surface area contributed by atoms with E-state index in [1.165, 1.54) is 154 Å². The number of carbonyl (C=O) groups excluding carboxylic acids is 2. The molecule has 0 bridgehead atoms. The number of nitrogens with zero attached hydrogens (tertiary/aromatic N) is 1. The van der Waals surface area contributed by atoms with E-state index < -0.39 is 26.5 Å². The lowest BCUT2D eigenvalue weighted by Crippen LogP contribution is -2.37. The fourth-order valence-electron chi connectivity index (χ4n) is 8.00. The molecule has 0 aromatic carbocycles. The summed E-state index contributed by atoms with van der Waals surface area (Å²) in [7, 11) is 1.15. The number of allylic oxidation sites excluding steroid dienone is 8. The van der Waals surface area contributed by atoms with E-state index in [1.54, 1.807) is 0 Å². The zero-order chi connectivity index (χ0) is 49.9. The fourth-order valence-corrected chi connectivity index (χ4v) is 8.73. The first-order chi connectivity index (χ1) is 33.0. The van der Waals surface area contributed by atoms with Gasteiger partial charge in [-0.3, -0.25) is 14.2 Å². The van der Waals surface area contributed by atoms with Crippen LogP contribution in [0.15, 0.2) is 48.6 Å². The van der Waals surface area contributed by atoms with Gasteiger partial charge in [0, 0.05) is 12.8 Å². The molecule has 10 heteroatoms. The molecule has 398 valence electrons. The number of carbonyl (C=O) groups is 2. The summed E-state index contributed by atoms with van der Waals surface area (Å²) in [6, 6.07) is 0. The third-order valence-electron chi connectivity index (χ3n) is 12.4. The van der Waals surface area contributed by atoms with Crippen LogP contribution in [0.1, 0.15) is 258 Å². The molecule has 0 aromatic heterocycles. The zero-order valence-corrected chi connectivity index (χ0v) is 45.9. The molecule has 9 nitrogen and oxygen atoms in total. The highest BCUT2D eigenvalue weighted by Crippen LogP contribution is 2.38. The minimum absolute atomic E-state index is 0.0361. The third-order valence-corrected chi connectivity index (χ3v) is 13.3. The van der Waals surface area contributed by atoms with E-state index in [0.29, 0.717) is 17.4 Å². The number of ether oxygens (including phenoxy) is 2. The van der Waals surface area contributed by atoms with Crippen molar-refractivity contribution in [1.29, 1.82) is 0 Å². The maximum absolute atomic E-state index is 12.7. The van der Waals surface area contributed by atoms with Gasteiger partial charge < -0.3 is 27.9 Å². The van der Waals surface area contributed by atoms with Gasteiger partial charge in [-0.25, -0.2) is 0 Å². The Balaban J connectivity index is 4.12.